The predicted octanol–water partition coefficient (Wildman–Crippen LogP) is 0.486. The van der Waals surface area contributed by atoms with Crippen LogP contribution in [0.2, 0.25) is 0 Å². The number of carbonyl (C=O) groups is 3. The standard InChI is InChI=1S/C17H28FN3O5/c1-2-3-5-12(14(18)15(22)19-25)16(23)21-7-4-6-13(21)17(24)20-8-10-26-11-9-20/h12-14,25H,2-11H2,1H3,(H,19,22)/t12-,13+,14-/m1/s1. The van der Waals surface area contributed by atoms with Gasteiger partial charge in [0, 0.05) is 19.6 Å². The maximum absolute atomic E-state index is 14.4. The minimum Gasteiger partial charge on any atom is -0.378 e. The molecule has 8 nitrogen and oxygen atoms in total. The van der Waals surface area contributed by atoms with Gasteiger partial charge in [-0.1, -0.05) is 19.8 Å². The third-order valence-corrected chi connectivity index (χ3v) is 5.04. The molecular formula is C17H28FN3O5. The number of unbranched alkanes of at least 4 members (excludes halogenated alkanes) is 1. The summed E-state index contributed by atoms with van der Waals surface area (Å²) in [5.74, 6) is -3.09. The Morgan fingerprint density at radius 1 is 1.27 bits per heavy atom. The van der Waals surface area contributed by atoms with Crippen molar-refractivity contribution in [3.63, 3.8) is 0 Å². The van der Waals surface area contributed by atoms with Gasteiger partial charge in [0.1, 0.15) is 6.04 Å². The van der Waals surface area contributed by atoms with Gasteiger partial charge in [0.15, 0.2) is 6.17 Å². The van der Waals surface area contributed by atoms with Crippen LogP contribution in [0.15, 0.2) is 0 Å². The summed E-state index contributed by atoms with van der Waals surface area (Å²) in [7, 11) is 0. The molecule has 0 spiro atoms. The van der Waals surface area contributed by atoms with Crippen LogP contribution in [0, 0.1) is 5.92 Å². The van der Waals surface area contributed by atoms with Gasteiger partial charge in [-0.2, -0.15) is 0 Å². The maximum Gasteiger partial charge on any atom is 0.278 e. The first kappa shape index (κ1) is 20.6. The number of hydrogen-bond donors (Lipinski definition) is 2. The lowest BCUT2D eigenvalue weighted by molar-refractivity contribution is -0.152. The lowest BCUT2D eigenvalue weighted by Crippen LogP contribution is -2.53. The van der Waals surface area contributed by atoms with Crippen molar-refractivity contribution in [2.24, 2.45) is 5.92 Å². The van der Waals surface area contributed by atoms with E-state index in [1.165, 1.54) is 10.4 Å². The van der Waals surface area contributed by atoms with Crippen LogP contribution in [0.25, 0.3) is 0 Å². The number of carbonyl (C=O) groups excluding carboxylic acids is 3. The number of amides is 3. The molecule has 0 aromatic rings. The summed E-state index contributed by atoms with van der Waals surface area (Å²) < 4.78 is 19.7. The summed E-state index contributed by atoms with van der Waals surface area (Å²) >= 11 is 0. The first-order valence-corrected chi connectivity index (χ1v) is 9.26. The smallest absolute Gasteiger partial charge is 0.278 e. The van der Waals surface area contributed by atoms with Gasteiger partial charge in [0.05, 0.1) is 19.1 Å². The zero-order valence-corrected chi connectivity index (χ0v) is 15.2. The second kappa shape index (κ2) is 9.82. The summed E-state index contributed by atoms with van der Waals surface area (Å²) in [5.41, 5.74) is 1.28. The van der Waals surface area contributed by atoms with Gasteiger partial charge in [0.2, 0.25) is 11.8 Å². The Morgan fingerprint density at radius 3 is 2.58 bits per heavy atom. The van der Waals surface area contributed by atoms with Crippen LogP contribution in [0.4, 0.5) is 4.39 Å². The number of likely N-dealkylation sites (tertiary alicyclic amines) is 1. The van der Waals surface area contributed by atoms with Gasteiger partial charge >= 0.3 is 0 Å². The molecule has 0 aromatic carbocycles. The van der Waals surface area contributed by atoms with Gasteiger partial charge in [-0.05, 0) is 19.3 Å². The molecule has 0 saturated carbocycles. The van der Waals surface area contributed by atoms with E-state index in [9.17, 15) is 18.8 Å². The SMILES string of the molecule is CCCC[C@@H](C(=O)N1CCC[C@H]1C(=O)N1CCOCC1)[C@@H](F)C(=O)NO. The van der Waals surface area contributed by atoms with Crippen molar-refractivity contribution in [1.82, 2.24) is 15.3 Å². The molecule has 2 N–H and O–H groups in total. The van der Waals surface area contributed by atoms with E-state index < -0.39 is 29.9 Å². The molecule has 2 fully saturated rings. The van der Waals surface area contributed by atoms with E-state index in [-0.39, 0.29) is 12.3 Å². The molecule has 3 atom stereocenters. The Bertz CT molecular complexity index is 513. The minimum atomic E-state index is -2.14. The van der Waals surface area contributed by atoms with Gasteiger partial charge in [-0.25, -0.2) is 9.87 Å². The highest BCUT2D eigenvalue weighted by Gasteiger charge is 2.42. The number of rotatable bonds is 7. The van der Waals surface area contributed by atoms with E-state index in [4.69, 9.17) is 9.94 Å². The van der Waals surface area contributed by atoms with Crippen molar-refractivity contribution in [2.75, 3.05) is 32.8 Å². The van der Waals surface area contributed by atoms with Gasteiger partial charge in [-0.15, -0.1) is 0 Å². The Morgan fingerprint density at radius 2 is 1.96 bits per heavy atom. The largest absolute Gasteiger partial charge is 0.378 e. The van der Waals surface area contributed by atoms with Crippen molar-refractivity contribution in [1.29, 1.82) is 0 Å². The third kappa shape index (κ3) is 4.70. The topological polar surface area (TPSA) is 99.2 Å². The van der Waals surface area contributed by atoms with Gasteiger partial charge in [-0.3, -0.25) is 19.6 Å². The number of hydroxylamine groups is 1. The lowest BCUT2D eigenvalue weighted by atomic mass is 9.94. The zero-order chi connectivity index (χ0) is 19.1. The molecule has 2 aliphatic heterocycles. The van der Waals surface area contributed by atoms with Crippen LogP contribution in [0.5, 0.6) is 0 Å². The van der Waals surface area contributed by atoms with Crippen LogP contribution in [-0.2, 0) is 19.1 Å². The van der Waals surface area contributed by atoms with Crippen molar-refractivity contribution in [3.05, 3.63) is 0 Å². The fraction of sp³-hybridized carbons (Fsp3) is 0.824. The summed E-state index contributed by atoms with van der Waals surface area (Å²) in [4.78, 5) is 40.3. The first-order valence-electron chi connectivity index (χ1n) is 9.26. The van der Waals surface area contributed by atoms with Gasteiger partial charge < -0.3 is 14.5 Å². The number of hydrogen-bond acceptors (Lipinski definition) is 5. The Balaban J connectivity index is 2.11. The number of halogens is 1. The molecule has 9 heteroatoms. The first-order chi connectivity index (χ1) is 12.5. The lowest BCUT2D eigenvalue weighted by Gasteiger charge is -2.34. The predicted molar refractivity (Wildman–Crippen MR) is 90.0 cm³/mol. The number of nitrogens with zero attached hydrogens (tertiary/aromatic N) is 2. The van der Waals surface area contributed by atoms with Crippen LogP contribution in [0.3, 0.4) is 0 Å². The Hall–Kier alpha value is -1.74. The number of morpholine rings is 1. The molecule has 26 heavy (non-hydrogen) atoms. The van der Waals surface area contributed by atoms with E-state index in [1.54, 1.807) is 4.90 Å². The molecular weight excluding hydrogens is 345 g/mol. The minimum absolute atomic E-state index is 0.143. The van der Waals surface area contributed by atoms with E-state index in [0.717, 1.165) is 6.42 Å². The third-order valence-electron chi connectivity index (χ3n) is 5.04. The van der Waals surface area contributed by atoms with E-state index in [2.05, 4.69) is 0 Å². The maximum atomic E-state index is 14.4. The molecule has 0 radical (unpaired) electrons. The molecule has 0 aromatic heterocycles. The van der Waals surface area contributed by atoms with E-state index >= 15 is 0 Å². The molecule has 0 unspecified atom stereocenters. The van der Waals surface area contributed by atoms with E-state index in [0.29, 0.717) is 52.1 Å². The molecule has 0 bridgehead atoms. The second-order valence-corrected chi connectivity index (χ2v) is 6.75. The van der Waals surface area contributed by atoms with Crippen LogP contribution >= 0.6 is 0 Å². The van der Waals surface area contributed by atoms with Crippen molar-refractivity contribution >= 4 is 17.7 Å². The summed E-state index contributed by atoms with van der Waals surface area (Å²) in [6.45, 7) is 4.17. The molecule has 2 aliphatic rings. The molecule has 2 heterocycles. The monoisotopic (exact) mass is 373 g/mol. The molecule has 2 rings (SSSR count). The van der Waals surface area contributed by atoms with Crippen LogP contribution in [-0.4, -0.2) is 77.8 Å². The van der Waals surface area contributed by atoms with Gasteiger partial charge in [0.25, 0.3) is 5.91 Å². The Kier molecular flexibility index (Phi) is 7.77. The molecule has 0 aliphatic carbocycles. The molecule has 3 amide bonds. The van der Waals surface area contributed by atoms with Crippen molar-refractivity contribution in [2.45, 2.75) is 51.2 Å². The zero-order valence-electron chi connectivity index (χ0n) is 15.2. The second-order valence-electron chi connectivity index (χ2n) is 6.75. The number of nitrogens with one attached hydrogen (secondary N) is 1. The summed E-state index contributed by atoms with van der Waals surface area (Å²) in [5, 5.41) is 8.70. The average Bonchev–Trinajstić information content (AvgIpc) is 3.17. The quantitative estimate of drug-likeness (QED) is 0.500. The number of ether oxygens (including phenoxy) is 1. The fourth-order valence-electron chi connectivity index (χ4n) is 3.56. The molecule has 2 saturated heterocycles. The van der Waals surface area contributed by atoms with Crippen molar-refractivity contribution in [3.8, 4) is 0 Å². The highest BCUT2D eigenvalue weighted by molar-refractivity contribution is 5.92. The highest BCUT2D eigenvalue weighted by atomic mass is 19.1. The van der Waals surface area contributed by atoms with Crippen LogP contribution in [0.1, 0.15) is 39.0 Å². The molecule has 148 valence electrons. The highest BCUT2D eigenvalue weighted by Crippen LogP contribution is 2.26. The average molecular weight is 373 g/mol. The summed E-state index contributed by atoms with van der Waals surface area (Å²) in [6.07, 6.45) is 0.568. The van der Waals surface area contributed by atoms with Crippen molar-refractivity contribution < 1.29 is 28.7 Å². The normalized spacial score (nSPS) is 22.8. The van der Waals surface area contributed by atoms with Crippen LogP contribution < -0.4 is 5.48 Å². The fourth-order valence-corrected chi connectivity index (χ4v) is 3.56. The summed E-state index contributed by atoms with van der Waals surface area (Å²) in [6, 6.07) is -0.617. The number of alkyl halides is 1. The van der Waals surface area contributed by atoms with E-state index in [1.807, 2.05) is 6.92 Å². The Labute approximate surface area is 152 Å².